The first kappa shape index (κ1) is 11.8. The van der Waals surface area contributed by atoms with Gasteiger partial charge in [0.05, 0.1) is 12.0 Å². The third kappa shape index (κ3) is 3.95. The van der Waals surface area contributed by atoms with Gasteiger partial charge in [-0.05, 0) is 0 Å². The van der Waals surface area contributed by atoms with Crippen molar-refractivity contribution >= 4 is 29.2 Å². The number of hydrogen-bond acceptors (Lipinski definition) is 3. The number of aliphatic hydroxyl groups excluding tert-OH is 1. The summed E-state index contributed by atoms with van der Waals surface area (Å²) in [6, 6.07) is 0. The average molecular weight is 213 g/mol. The first-order valence-electron chi connectivity index (χ1n) is 3.30. The SMILES string of the molecule is C=CCOC(=O)C(Cl)C(Cl)CO. The molecule has 5 heteroatoms. The molecule has 0 aromatic rings. The molecule has 0 bridgehead atoms. The maximum Gasteiger partial charge on any atom is 0.325 e. The Balaban J connectivity index is 3.83. The molecule has 1 N–H and O–H groups in total. The van der Waals surface area contributed by atoms with Crippen molar-refractivity contribution in [2.45, 2.75) is 10.8 Å². The number of carbonyl (C=O) groups is 1. The van der Waals surface area contributed by atoms with Crippen LogP contribution in [0.4, 0.5) is 0 Å². The van der Waals surface area contributed by atoms with Crippen molar-refractivity contribution in [3.8, 4) is 0 Å². The highest BCUT2D eigenvalue weighted by atomic mass is 35.5. The molecule has 0 heterocycles. The standard InChI is InChI=1S/C7H10Cl2O3/c1-2-3-12-7(11)6(9)5(8)4-10/h2,5-6,10H,1,3-4H2. The van der Waals surface area contributed by atoms with Gasteiger partial charge < -0.3 is 9.84 Å². The van der Waals surface area contributed by atoms with E-state index >= 15 is 0 Å². The molecule has 3 nitrogen and oxygen atoms in total. The number of ether oxygens (including phenoxy) is 1. The summed E-state index contributed by atoms with van der Waals surface area (Å²) in [5.74, 6) is -0.648. The van der Waals surface area contributed by atoms with Gasteiger partial charge in [0.2, 0.25) is 0 Å². The van der Waals surface area contributed by atoms with Gasteiger partial charge in [-0.2, -0.15) is 0 Å². The van der Waals surface area contributed by atoms with Crippen LogP contribution in [-0.4, -0.2) is 35.0 Å². The number of rotatable bonds is 5. The summed E-state index contributed by atoms with van der Waals surface area (Å²) in [4.78, 5) is 10.9. The summed E-state index contributed by atoms with van der Waals surface area (Å²) in [5, 5.41) is 6.70. The molecule has 0 saturated heterocycles. The topological polar surface area (TPSA) is 46.5 Å². The quantitative estimate of drug-likeness (QED) is 0.419. The Labute approximate surface area is 80.9 Å². The zero-order valence-electron chi connectivity index (χ0n) is 6.37. The molecule has 0 aliphatic heterocycles. The van der Waals surface area contributed by atoms with E-state index in [-0.39, 0.29) is 13.2 Å². The van der Waals surface area contributed by atoms with Crippen LogP contribution in [0.25, 0.3) is 0 Å². The molecule has 2 unspecified atom stereocenters. The second kappa shape index (κ2) is 6.29. The van der Waals surface area contributed by atoms with E-state index in [0.29, 0.717) is 0 Å². The van der Waals surface area contributed by atoms with Crippen LogP contribution in [0.15, 0.2) is 12.7 Å². The number of alkyl halides is 2. The molecule has 0 aromatic heterocycles. The van der Waals surface area contributed by atoms with Gasteiger partial charge in [0.15, 0.2) is 0 Å². The highest BCUT2D eigenvalue weighted by molar-refractivity contribution is 6.36. The fourth-order valence-corrected chi connectivity index (χ4v) is 0.706. The number of carbonyl (C=O) groups excluding carboxylic acids is 1. The zero-order chi connectivity index (χ0) is 9.56. The van der Waals surface area contributed by atoms with Gasteiger partial charge in [-0.25, -0.2) is 0 Å². The van der Waals surface area contributed by atoms with Crippen molar-refractivity contribution in [1.29, 1.82) is 0 Å². The Morgan fingerprint density at radius 3 is 2.67 bits per heavy atom. The Hall–Kier alpha value is -0.250. The number of halogens is 2. The molecule has 2 atom stereocenters. The molecule has 0 aromatic carbocycles. The van der Waals surface area contributed by atoms with Crippen molar-refractivity contribution in [1.82, 2.24) is 0 Å². The summed E-state index contributed by atoms with van der Waals surface area (Å²) in [7, 11) is 0. The normalized spacial score (nSPS) is 14.9. The minimum Gasteiger partial charge on any atom is -0.460 e. The summed E-state index contributed by atoms with van der Waals surface area (Å²) in [5.41, 5.74) is 0. The molecule has 12 heavy (non-hydrogen) atoms. The van der Waals surface area contributed by atoms with Crippen molar-refractivity contribution in [2.75, 3.05) is 13.2 Å². The molecule has 0 spiro atoms. The molecule has 0 amide bonds. The molecule has 0 radical (unpaired) electrons. The lowest BCUT2D eigenvalue weighted by Crippen LogP contribution is -2.29. The Bertz CT molecular complexity index is 161. The Kier molecular flexibility index (Phi) is 6.16. The van der Waals surface area contributed by atoms with Gasteiger partial charge in [-0.1, -0.05) is 12.7 Å². The van der Waals surface area contributed by atoms with Crippen molar-refractivity contribution in [2.24, 2.45) is 0 Å². The highest BCUT2D eigenvalue weighted by Crippen LogP contribution is 2.10. The van der Waals surface area contributed by atoms with Gasteiger partial charge in [-0.3, -0.25) is 4.79 Å². The van der Waals surface area contributed by atoms with Crippen LogP contribution in [0.5, 0.6) is 0 Å². The van der Waals surface area contributed by atoms with Crippen molar-refractivity contribution < 1.29 is 14.6 Å². The summed E-state index contributed by atoms with van der Waals surface area (Å²) in [6.07, 6.45) is 1.42. The van der Waals surface area contributed by atoms with Crippen molar-refractivity contribution in [3.05, 3.63) is 12.7 Å². The van der Waals surface area contributed by atoms with Crippen LogP contribution in [0.1, 0.15) is 0 Å². The second-order valence-electron chi connectivity index (χ2n) is 2.02. The van der Waals surface area contributed by atoms with Crippen LogP contribution < -0.4 is 0 Å². The van der Waals surface area contributed by atoms with Crippen LogP contribution in [-0.2, 0) is 9.53 Å². The van der Waals surface area contributed by atoms with Gasteiger partial charge >= 0.3 is 5.97 Å². The smallest absolute Gasteiger partial charge is 0.325 e. The van der Waals surface area contributed by atoms with E-state index in [4.69, 9.17) is 28.3 Å². The van der Waals surface area contributed by atoms with E-state index in [9.17, 15) is 4.79 Å². The van der Waals surface area contributed by atoms with Crippen LogP contribution >= 0.6 is 23.2 Å². The number of esters is 1. The fraction of sp³-hybridized carbons (Fsp3) is 0.571. The van der Waals surface area contributed by atoms with Crippen molar-refractivity contribution in [3.63, 3.8) is 0 Å². The predicted molar refractivity (Wildman–Crippen MR) is 47.5 cm³/mol. The fourth-order valence-electron chi connectivity index (χ4n) is 0.461. The summed E-state index contributed by atoms with van der Waals surface area (Å²) >= 11 is 11.0. The van der Waals surface area contributed by atoms with E-state index in [1.165, 1.54) is 6.08 Å². The predicted octanol–water partition coefficient (Wildman–Crippen LogP) is 0.923. The number of hydrogen-bond donors (Lipinski definition) is 1. The highest BCUT2D eigenvalue weighted by Gasteiger charge is 2.24. The number of aliphatic hydroxyl groups is 1. The first-order valence-corrected chi connectivity index (χ1v) is 4.17. The van der Waals surface area contributed by atoms with Gasteiger partial charge in [-0.15, -0.1) is 23.2 Å². The molecule has 0 aliphatic carbocycles. The molecule has 70 valence electrons. The first-order chi connectivity index (χ1) is 5.63. The summed E-state index contributed by atoms with van der Waals surface area (Å²) in [6.45, 7) is 3.09. The van der Waals surface area contributed by atoms with E-state index in [1.807, 2.05) is 0 Å². The molecule has 0 fully saturated rings. The zero-order valence-corrected chi connectivity index (χ0v) is 7.88. The van der Waals surface area contributed by atoms with E-state index in [0.717, 1.165) is 0 Å². The minimum absolute atomic E-state index is 0.0943. The largest absolute Gasteiger partial charge is 0.460 e. The Morgan fingerprint density at radius 2 is 2.25 bits per heavy atom. The molecule has 0 aliphatic rings. The molecular formula is C7H10Cl2O3. The third-order valence-electron chi connectivity index (χ3n) is 1.06. The monoisotopic (exact) mass is 212 g/mol. The van der Waals surface area contributed by atoms with E-state index in [2.05, 4.69) is 11.3 Å². The molecular weight excluding hydrogens is 203 g/mol. The lowest BCUT2D eigenvalue weighted by atomic mass is 10.3. The maximum absolute atomic E-state index is 10.9. The lowest BCUT2D eigenvalue weighted by molar-refractivity contribution is -0.142. The van der Waals surface area contributed by atoms with Gasteiger partial charge in [0, 0.05) is 0 Å². The average Bonchev–Trinajstić information content (AvgIpc) is 2.11. The molecule has 0 saturated carbocycles. The van der Waals surface area contributed by atoms with Gasteiger partial charge in [0.1, 0.15) is 12.0 Å². The van der Waals surface area contributed by atoms with Crippen LogP contribution in [0, 0.1) is 0 Å². The lowest BCUT2D eigenvalue weighted by Gasteiger charge is -2.11. The van der Waals surface area contributed by atoms with Crippen LogP contribution in [0.2, 0.25) is 0 Å². The van der Waals surface area contributed by atoms with E-state index in [1.54, 1.807) is 0 Å². The Morgan fingerprint density at radius 1 is 1.67 bits per heavy atom. The van der Waals surface area contributed by atoms with E-state index < -0.39 is 16.7 Å². The minimum atomic E-state index is -1.02. The second-order valence-corrected chi connectivity index (χ2v) is 3.05. The maximum atomic E-state index is 10.9. The molecule has 0 rings (SSSR count). The van der Waals surface area contributed by atoms with Crippen LogP contribution in [0.3, 0.4) is 0 Å². The van der Waals surface area contributed by atoms with Gasteiger partial charge in [0.25, 0.3) is 0 Å². The summed E-state index contributed by atoms with van der Waals surface area (Å²) < 4.78 is 4.59. The third-order valence-corrected chi connectivity index (χ3v) is 2.06.